The highest BCUT2D eigenvalue weighted by atomic mass is 19.1. The monoisotopic (exact) mass is 197 g/mol. The van der Waals surface area contributed by atoms with Crippen LogP contribution in [0.1, 0.15) is 19.3 Å². The van der Waals surface area contributed by atoms with Crippen molar-refractivity contribution in [2.75, 3.05) is 18.0 Å². The van der Waals surface area contributed by atoms with Crippen LogP contribution in [0.25, 0.3) is 0 Å². The van der Waals surface area contributed by atoms with Crippen LogP contribution in [0, 0.1) is 11.6 Å². The molecule has 1 fully saturated rings. The van der Waals surface area contributed by atoms with Crippen molar-refractivity contribution in [3.05, 3.63) is 29.8 Å². The van der Waals surface area contributed by atoms with Crippen molar-refractivity contribution in [3.8, 4) is 0 Å². The fourth-order valence-electron chi connectivity index (χ4n) is 1.86. The minimum Gasteiger partial charge on any atom is -0.369 e. The molecule has 14 heavy (non-hydrogen) atoms. The van der Waals surface area contributed by atoms with Gasteiger partial charge in [-0.1, -0.05) is 0 Å². The summed E-state index contributed by atoms with van der Waals surface area (Å²) in [6.45, 7) is 1.67. The van der Waals surface area contributed by atoms with E-state index in [0.717, 1.165) is 32.0 Å². The number of nitrogens with zero attached hydrogens (tertiary/aromatic N) is 1. The topological polar surface area (TPSA) is 3.24 Å². The summed E-state index contributed by atoms with van der Waals surface area (Å²) in [7, 11) is 0. The molecule has 0 spiro atoms. The summed E-state index contributed by atoms with van der Waals surface area (Å²) < 4.78 is 26.3. The molecule has 0 radical (unpaired) electrons. The summed E-state index contributed by atoms with van der Waals surface area (Å²) in [4.78, 5) is 1.92. The van der Waals surface area contributed by atoms with E-state index in [0.29, 0.717) is 5.69 Å². The van der Waals surface area contributed by atoms with Crippen molar-refractivity contribution in [3.63, 3.8) is 0 Å². The first kappa shape index (κ1) is 9.44. The minimum absolute atomic E-state index is 0.326. The molecule has 3 heteroatoms. The molecule has 2 rings (SSSR count). The smallest absolute Gasteiger partial charge is 0.146 e. The molecular formula is C11H13F2N. The lowest BCUT2D eigenvalue weighted by molar-refractivity contribution is 0.550. The van der Waals surface area contributed by atoms with Gasteiger partial charge in [-0.05, 0) is 31.4 Å². The number of rotatable bonds is 1. The van der Waals surface area contributed by atoms with Gasteiger partial charge in [0.05, 0.1) is 5.69 Å². The largest absolute Gasteiger partial charge is 0.369 e. The second-order valence-electron chi connectivity index (χ2n) is 3.64. The number of halogens is 2. The van der Waals surface area contributed by atoms with Gasteiger partial charge in [-0.25, -0.2) is 8.78 Å². The van der Waals surface area contributed by atoms with E-state index in [-0.39, 0.29) is 11.6 Å². The number of benzene rings is 1. The zero-order valence-corrected chi connectivity index (χ0v) is 7.97. The summed E-state index contributed by atoms with van der Waals surface area (Å²) in [6, 6.07) is 3.63. The van der Waals surface area contributed by atoms with Gasteiger partial charge in [-0.3, -0.25) is 0 Å². The molecule has 0 bridgehead atoms. The summed E-state index contributed by atoms with van der Waals surface area (Å²) in [5.41, 5.74) is 0.407. The molecule has 0 N–H and O–H groups in total. The van der Waals surface area contributed by atoms with Crippen molar-refractivity contribution in [1.29, 1.82) is 0 Å². The van der Waals surface area contributed by atoms with Crippen LogP contribution in [0.2, 0.25) is 0 Å². The fourth-order valence-corrected chi connectivity index (χ4v) is 1.86. The molecular weight excluding hydrogens is 184 g/mol. The van der Waals surface area contributed by atoms with Crippen LogP contribution in [0.5, 0.6) is 0 Å². The van der Waals surface area contributed by atoms with Crippen LogP contribution in [0.15, 0.2) is 18.2 Å². The average Bonchev–Trinajstić information content (AvgIpc) is 2.23. The highest BCUT2D eigenvalue weighted by molar-refractivity contribution is 5.48. The lowest BCUT2D eigenvalue weighted by atomic mass is 10.1. The third-order valence-corrected chi connectivity index (χ3v) is 2.60. The van der Waals surface area contributed by atoms with Gasteiger partial charge in [-0.15, -0.1) is 0 Å². The highest BCUT2D eigenvalue weighted by Crippen LogP contribution is 2.23. The predicted molar refractivity (Wildman–Crippen MR) is 52.4 cm³/mol. The molecule has 0 aromatic heterocycles. The Bertz CT molecular complexity index is 319. The molecule has 1 nitrogen and oxygen atoms in total. The van der Waals surface area contributed by atoms with Gasteiger partial charge in [0.25, 0.3) is 0 Å². The Morgan fingerprint density at radius 1 is 1.00 bits per heavy atom. The first-order chi connectivity index (χ1) is 6.77. The lowest BCUT2D eigenvalue weighted by Gasteiger charge is -2.29. The zero-order chi connectivity index (χ0) is 9.97. The molecule has 0 aliphatic carbocycles. The van der Waals surface area contributed by atoms with Gasteiger partial charge < -0.3 is 4.90 Å². The number of hydrogen-bond donors (Lipinski definition) is 0. The number of piperidine rings is 1. The maximum absolute atomic E-state index is 13.3. The summed E-state index contributed by atoms with van der Waals surface area (Å²) in [5, 5.41) is 0. The molecule has 1 saturated heterocycles. The minimum atomic E-state index is -0.369. The van der Waals surface area contributed by atoms with E-state index in [1.165, 1.54) is 18.6 Å². The quantitative estimate of drug-likeness (QED) is 0.669. The Hall–Kier alpha value is -1.12. The molecule has 1 aliphatic heterocycles. The van der Waals surface area contributed by atoms with Crippen LogP contribution in [0.3, 0.4) is 0 Å². The molecule has 1 heterocycles. The van der Waals surface area contributed by atoms with Crippen molar-refractivity contribution < 1.29 is 8.78 Å². The highest BCUT2D eigenvalue weighted by Gasteiger charge is 2.14. The van der Waals surface area contributed by atoms with Crippen molar-refractivity contribution >= 4 is 5.69 Å². The molecule has 1 aliphatic rings. The normalized spacial score (nSPS) is 17.1. The fraction of sp³-hybridized carbons (Fsp3) is 0.455. The van der Waals surface area contributed by atoms with E-state index < -0.39 is 0 Å². The van der Waals surface area contributed by atoms with Gasteiger partial charge in [-0.2, -0.15) is 0 Å². The Morgan fingerprint density at radius 3 is 2.43 bits per heavy atom. The first-order valence-corrected chi connectivity index (χ1v) is 4.97. The van der Waals surface area contributed by atoms with Crippen LogP contribution < -0.4 is 4.90 Å². The van der Waals surface area contributed by atoms with Crippen LogP contribution >= 0.6 is 0 Å². The second-order valence-corrected chi connectivity index (χ2v) is 3.64. The number of hydrogen-bond acceptors (Lipinski definition) is 1. The number of anilines is 1. The predicted octanol–water partition coefficient (Wildman–Crippen LogP) is 2.96. The first-order valence-electron chi connectivity index (χ1n) is 4.97. The van der Waals surface area contributed by atoms with E-state index in [9.17, 15) is 8.78 Å². The maximum atomic E-state index is 13.3. The Kier molecular flexibility index (Phi) is 2.66. The summed E-state index contributed by atoms with van der Waals surface area (Å²) in [5.74, 6) is -0.694. The summed E-state index contributed by atoms with van der Waals surface area (Å²) in [6.07, 6.45) is 3.32. The van der Waals surface area contributed by atoms with Gasteiger partial charge in [0.1, 0.15) is 11.6 Å². The van der Waals surface area contributed by atoms with Crippen molar-refractivity contribution in [1.82, 2.24) is 0 Å². The van der Waals surface area contributed by atoms with Crippen LogP contribution in [0.4, 0.5) is 14.5 Å². The van der Waals surface area contributed by atoms with Gasteiger partial charge >= 0.3 is 0 Å². The van der Waals surface area contributed by atoms with Gasteiger partial charge in [0.2, 0.25) is 0 Å². The molecule has 76 valence electrons. The van der Waals surface area contributed by atoms with Crippen LogP contribution in [-0.4, -0.2) is 13.1 Å². The van der Waals surface area contributed by atoms with Crippen molar-refractivity contribution in [2.24, 2.45) is 0 Å². The van der Waals surface area contributed by atoms with E-state index in [1.54, 1.807) is 0 Å². The van der Waals surface area contributed by atoms with Gasteiger partial charge in [0, 0.05) is 19.2 Å². The molecule has 1 aromatic carbocycles. The maximum Gasteiger partial charge on any atom is 0.146 e. The van der Waals surface area contributed by atoms with E-state index in [4.69, 9.17) is 0 Å². The van der Waals surface area contributed by atoms with Gasteiger partial charge in [0.15, 0.2) is 0 Å². The van der Waals surface area contributed by atoms with E-state index in [1.807, 2.05) is 4.90 Å². The Morgan fingerprint density at radius 2 is 1.71 bits per heavy atom. The molecule has 0 saturated carbocycles. The standard InChI is InChI=1S/C11H13F2N/c12-9-4-5-10(13)11(8-9)14-6-2-1-3-7-14/h4-5,8H,1-3,6-7H2. The van der Waals surface area contributed by atoms with E-state index in [2.05, 4.69) is 0 Å². The Balaban J connectivity index is 2.24. The van der Waals surface area contributed by atoms with E-state index >= 15 is 0 Å². The average molecular weight is 197 g/mol. The SMILES string of the molecule is Fc1ccc(F)c(N2CCCCC2)c1. The van der Waals surface area contributed by atoms with Crippen molar-refractivity contribution in [2.45, 2.75) is 19.3 Å². The molecule has 0 atom stereocenters. The zero-order valence-electron chi connectivity index (χ0n) is 7.97. The third kappa shape index (κ3) is 1.86. The summed E-state index contributed by atoms with van der Waals surface area (Å²) >= 11 is 0. The van der Waals surface area contributed by atoms with Crippen LogP contribution in [-0.2, 0) is 0 Å². The second kappa shape index (κ2) is 3.95. The molecule has 1 aromatic rings. The lowest BCUT2D eigenvalue weighted by Crippen LogP contribution is -2.30. The molecule has 0 unspecified atom stereocenters. The molecule has 0 amide bonds. The third-order valence-electron chi connectivity index (χ3n) is 2.60. The Labute approximate surface area is 82.3 Å².